The van der Waals surface area contributed by atoms with Gasteiger partial charge in [0, 0.05) is 26.1 Å². The Kier molecular flexibility index (Phi) is 5.00. The molecule has 1 fully saturated rings. The van der Waals surface area contributed by atoms with Gasteiger partial charge in [-0.25, -0.2) is 0 Å². The number of amides is 1. The molecule has 2 rings (SSSR count). The molecule has 0 unspecified atom stereocenters. The first-order chi connectivity index (χ1) is 9.22. The summed E-state index contributed by atoms with van der Waals surface area (Å²) in [5, 5.41) is 13.0. The van der Waals surface area contributed by atoms with Crippen molar-refractivity contribution in [3.05, 3.63) is 10.7 Å². The Morgan fingerprint density at radius 3 is 3.11 bits per heavy atom. The van der Waals surface area contributed by atoms with Crippen LogP contribution in [0.25, 0.3) is 0 Å². The molecule has 1 aliphatic heterocycles. The highest BCUT2D eigenvalue weighted by atomic mass is 35.5. The van der Waals surface area contributed by atoms with Crippen molar-refractivity contribution in [3.63, 3.8) is 0 Å². The van der Waals surface area contributed by atoms with Gasteiger partial charge in [-0.2, -0.15) is 9.64 Å². The minimum Gasteiger partial charge on any atom is -0.373 e. The number of nitrogens with zero attached hydrogens (tertiary/aromatic N) is 3. The Bertz CT molecular complexity index is 496. The second kappa shape index (κ2) is 6.73. The molecule has 1 aromatic rings. The summed E-state index contributed by atoms with van der Waals surface area (Å²) in [6, 6.07) is 2.02. The minimum absolute atomic E-state index is 0.224. The fraction of sp³-hybridized carbons (Fsp3) is 0.583. The molecule has 2 heterocycles. The van der Waals surface area contributed by atoms with Crippen LogP contribution in [0.5, 0.6) is 0 Å². The third-order valence-electron chi connectivity index (χ3n) is 3.10. The molecular formula is C12H15ClN4OS. The van der Waals surface area contributed by atoms with Gasteiger partial charge in [-0.05, 0) is 24.4 Å². The molecule has 0 aromatic carbocycles. The number of hydrogen-bond donors (Lipinski definition) is 1. The number of halogens is 1. The molecule has 7 heteroatoms. The molecule has 5 nitrogen and oxygen atoms in total. The summed E-state index contributed by atoms with van der Waals surface area (Å²) in [6.07, 6.45) is 3.84. The molecule has 1 aromatic heterocycles. The average molecular weight is 299 g/mol. The van der Waals surface area contributed by atoms with Gasteiger partial charge in [0.15, 0.2) is 5.15 Å². The normalized spacial score (nSPS) is 16.0. The van der Waals surface area contributed by atoms with E-state index in [0.717, 1.165) is 25.8 Å². The van der Waals surface area contributed by atoms with Gasteiger partial charge in [-0.1, -0.05) is 18.0 Å². The van der Waals surface area contributed by atoms with Crippen molar-refractivity contribution in [2.75, 3.05) is 25.0 Å². The first-order valence-electron chi connectivity index (χ1n) is 6.29. The van der Waals surface area contributed by atoms with E-state index in [1.807, 2.05) is 11.0 Å². The molecule has 0 bridgehead atoms. The Balaban J connectivity index is 1.86. The quantitative estimate of drug-likeness (QED) is 0.927. The highest BCUT2D eigenvalue weighted by Gasteiger charge is 2.16. The highest BCUT2D eigenvalue weighted by molar-refractivity contribution is 7.10. The van der Waals surface area contributed by atoms with Crippen LogP contribution in [-0.4, -0.2) is 34.8 Å². The number of hydrogen-bond acceptors (Lipinski definition) is 5. The van der Waals surface area contributed by atoms with E-state index >= 15 is 0 Å². The summed E-state index contributed by atoms with van der Waals surface area (Å²) < 4.78 is 3.92. The van der Waals surface area contributed by atoms with Crippen LogP contribution in [0.2, 0.25) is 5.15 Å². The van der Waals surface area contributed by atoms with E-state index in [4.69, 9.17) is 16.9 Å². The lowest BCUT2D eigenvalue weighted by Gasteiger charge is -2.20. The van der Waals surface area contributed by atoms with E-state index in [1.54, 1.807) is 0 Å². The van der Waals surface area contributed by atoms with E-state index in [2.05, 4.69) is 9.69 Å². The van der Waals surface area contributed by atoms with E-state index in [-0.39, 0.29) is 11.1 Å². The number of carbonyl (C=O) groups excluding carboxylic acids is 1. The van der Waals surface area contributed by atoms with Crippen molar-refractivity contribution >= 4 is 34.0 Å². The van der Waals surface area contributed by atoms with Crippen LogP contribution in [-0.2, 0) is 4.79 Å². The molecule has 1 aliphatic rings. The minimum atomic E-state index is 0.224. The van der Waals surface area contributed by atoms with Crippen LogP contribution in [0.4, 0.5) is 5.00 Å². The average Bonchev–Trinajstić information content (AvgIpc) is 2.62. The zero-order chi connectivity index (χ0) is 13.7. The topological polar surface area (TPSA) is 69.0 Å². The number of carbonyl (C=O) groups is 1. The maximum absolute atomic E-state index is 11.8. The molecule has 0 spiro atoms. The lowest BCUT2D eigenvalue weighted by Crippen LogP contribution is -2.34. The van der Waals surface area contributed by atoms with E-state index in [9.17, 15) is 4.79 Å². The number of nitrogens with one attached hydrogen (secondary N) is 1. The number of likely N-dealkylation sites (tertiary alicyclic amines) is 1. The first-order valence-corrected chi connectivity index (χ1v) is 7.44. The van der Waals surface area contributed by atoms with Gasteiger partial charge in [-0.3, -0.25) is 4.79 Å². The third kappa shape index (κ3) is 3.58. The largest absolute Gasteiger partial charge is 0.373 e. The van der Waals surface area contributed by atoms with Crippen LogP contribution in [0.15, 0.2) is 0 Å². The summed E-state index contributed by atoms with van der Waals surface area (Å²) in [5.41, 5.74) is 0.383. The van der Waals surface area contributed by atoms with E-state index < -0.39 is 0 Å². The predicted molar refractivity (Wildman–Crippen MR) is 75.4 cm³/mol. The Morgan fingerprint density at radius 2 is 2.32 bits per heavy atom. The molecule has 1 saturated heterocycles. The lowest BCUT2D eigenvalue weighted by atomic mass is 10.2. The number of anilines is 1. The molecular weight excluding hydrogens is 284 g/mol. The smallest absolute Gasteiger partial charge is 0.222 e. The summed E-state index contributed by atoms with van der Waals surface area (Å²) in [5.74, 6) is 0.224. The van der Waals surface area contributed by atoms with Crippen LogP contribution >= 0.6 is 23.1 Å². The second-order valence-corrected chi connectivity index (χ2v) is 5.54. The molecule has 0 saturated carbocycles. The number of nitriles is 1. The highest BCUT2D eigenvalue weighted by Crippen LogP contribution is 2.27. The van der Waals surface area contributed by atoms with Crippen LogP contribution < -0.4 is 5.32 Å². The molecule has 0 aliphatic carbocycles. The van der Waals surface area contributed by atoms with Gasteiger partial charge < -0.3 is 10.2 Å². The van der Waals surface area contributed by atoms with Crippen molar-refractivity contribution in [2.45, 2.75) is 25.7 Å². The van der Waals surface area contributed by atoms with Gasteiger partial charge in [0.1, 0.15) is 16.6 Å². The van der Waals surface area contributed by atoms with Gasteiger partial charge in [0.2, 0.25) is 5.91 Å². The monoisotopic (exact) mass is 298 g/mol. The number of aromatic nitrogens is 1. The Morgan fingerprint density at radius 1 is 1.47 bits per heavy atom. The standard InChI is InChI=1S/C12H15ClN4OS/c13-11-9(8-14)12(19-16-11)15-5-7-17-6-3-1-2-4-10(17)18/h15H,1-7H2. The first kappa shape index (κ1) is 14.1. The van der Waals surface area contributed by atoms with E-state index in [0.29, 0.717) is 30.1 Å². The molecule has 0 atom stereocenters. The summed E-state index contributed by atoms with van der Waals surface area (Å²) in [7, 11) is 0. The zero-order valence-corrected chi connectivity index (χ0v) is 12.1. The number of rotatable bonds is 4. The lowest BCUT2D eigenvalue weighted by molar-refractivity contribution is -0.130. The van der Waals surface area contributed by atoms with Crippen LogP contribution in [0.1, 0.15) is 31.2 Å². The predicted octanol–water partition coefficient (Wildman–Crippen LogP) is 2.48. The van der Waals surface area contributed by atoms with Crippen LogP contribution in [0.3, 0.4) is 0 Å². The molecule has 1 amide bonds. The van der Waals surface area contributed by atoms with Crippen molar-refractivity contribution in [2.24, 2.45) is 0 Å². The SMILES string of the molecule is N#Cc1c(Cl)nsc1NCCN1CCCCCC1=O. The maximum Gasteiger partial charge on any atom is 0.222 e. The van der Waals surface area contributed by atoms with Gasteiger partial charge in [0.25, 0.3) is 0 Å². The maximum atomic E-state index is 11.8. The van der Waals surface area contributed by atoms with Gasteiger partial charge in [-0.15, -0.1) is 0 Å². The Hall–Kier alpha value is -1.32. The van der Waals surface area contributed by atoms with Gasteiger partial charge in [0.05, 0.1) is 0 Å². The van der Waals surface area contributed by atoms with Crippen LogP contribution in [0, 0.1) is 11.3 Å². The zero-order valence-electron chi connectivity index (χ0n) is 10.5. The Labute approximate surface area is 121 Å². The molecule has 102 valence electrons. The second-order valence-electron chi connectivity index (χ2n) is 4.41. The van der Waals surface area contributed by atoms with E-state index in [1.165, 1.54) is 11.5 Å². The fourth-order valence-electron chi connectivity index (χ4n) is 2.07. The van der Waals surface area contributed by atoms with Gasteiger partial charge >= 0.3 is 0 Å². The molecule has 1 N–H and O–H groups in total. The van der Waals surface area contributed by atoms with Crippen molar-refractivity contribution in [3.8, 4) is 6.07 Å². The molecule has 19 heavy (non-hydrogen) atoms. The molecule has 0 radical (unpaired) electrons. The van der Waals surface area contributed by atoms with Crippen molar-refractivity contribution in [1.29, 1.82) is 5.26 Å². The summed E-state index contributed by atoms with van der Waals surface area (Å²) in [4.78, 5) is 13.7. The third-order valence-corrected chi connectivity index (χ3v) is 4.28. The summed E-state index contributed by atoms with van der Waals surface area (Å²) in [6.45, 7) is 2.09. The van der Waals surface area contributed by atoms with Crippen molar-refractivity contribution in [1.82, 2.24) is 9.27 Å². The fourth-order valence-corrected chi connectivity index (χ4v) is 3.03. The van der Waals surface area contributed by atoms with Crippen molar-refractivity contribution < 1.29 is 4.79 Å². The summed E-state index contributed by atoms with van der Waals surface area (Å²) >= 11 is 6.96.